The molecule has 9 rings (SSSR count). The van der Waals surface area contributed by atoms with Crippen molar-refractivity contribution >= 4 is 100 Å². The van der Waals surface area contributed by atoms with Crippen LogP contribution in [0, 0.1) is 0 Å². The van der Waals surface area contributed by atoms with E-state index in [0.717, 1.165) is 23.7 Å². The minimum absolute atomic E-state index is 0.00651. The second kappa shape index (κ2) is 32.3. The van der Waals surface area contributed by atoms with Gasteiger partial charge in [0, 0.05) is 104 Å². The summed E-state index contributed by atoms with van der Waals surface area (Å²) >= 11 is 1.64. The number of thiophene rings is 2. The lowest BCUT2D eigenvalue weighted by molar-refractivity contribution is -0.697. The molecule has 89 heavy (non-hydrogen) atoms. The number of aromatic nitrogens is 2. The predicted octanol–water partition coefficient (Wildman–Crippen LogP) is 4.34. The number of aryl methyl sites for hydroxylation is 1. The number of oxazole rings is 1. The molecule has 6 bridgehead atoms. The lowest BCUT2D eigenvalue weighted by Crippen LogP contribution is -2.54. The van der Waals surface area contributed by atoms with Crippen molar-refractivity contribution in [2.24, 2.45) is 0 Å². The summed E-state index contributed by atoms with van der Waals surface area (Å²) in [7, 11) is -13.0. The molecule has 1 aromatic carbocycles. The fourth-order valence-electron chi connectivity index (χ4n) is 9.46. The summed E-state index contributed by atoms with van der Waals surface area (Å²) in [6.07, 6.45) is 9.81. The highest BCUT2D eigenvalue weighted by atomic mass is 32.3. The van der Waals surface area contributed by atoms with E-state index in [1.54, 1.807) is 18.2 Å². The predicted molar refractivity (Wildman–Crippen MR) is 320 cm³/mol. The van der Waals surface area contributed by atoms with Gasteiger partial charge in [-0.2, -0.15) is 16.8 Å². The molecule has 3 unspecified atom stereocenters. The maximum absolute atomic E-state index is 14.3. The Labute approximate surface area is 522 Å². The molecule has 7 N–H and O–H groups in total. The van der Waals surface area contributed by atoms with Crippen LogP contribution in [0.25, 0.3) is 22.8 Å². The molecule has 32 heteroatoms. The molecule has 482 valence electrons. The van der Waals surface area contributed by atoms with E-state index in [-0.39, 0.29) is 129 Å². The smallest absolute Gasteiger partial charge is 0.333 e. The van der Waals surface area contributed by atoms with Gasteiger partial charge in [-0.1, -0.05) is 6.42 Å². The summed E-state index contributed by atoms with van der Waals surface area (Å²) in [5.41, 5.74) is 0.905. The molecule has 4 aromatic heterocycles. The summed E-state index contributed by atoms with van der Waals surface area (Å²) in [5.74, 6) is -4.73. The van der Waals surface area contributed by atoms with Gasteiger partial charge in [-0.25, -0.2) is 22.8 Å². The Morgan fingerprint density at radius 2 is 1.35 bits per heavy atom. The molecule has 0 aliphatic carbocycles. The van der Waals surface area contributed by atoms with Crippen molar-refractivity contribution in [2.75, 3.05) is 26.0 Å². The van der Waals surface area contributed by atoms with E-state index in [4.69, 9.17) is 14.0 Å². The number of ether oxygens (including phenoxy) is 1. The average molecular weight is 1330 g/mol. The molecule has 5 aromatic rings. The Morgan fingerprint density at radius 1 is 0.708 bits per heavy atom. The SMILES string of the molecule is CS(=O)(=O)c1ccc(CC2NC(=O)CCCCC[n+]3ccc(cc3)-c3ncc(o3)-c3ccc(c(S(=O)(=O)O)c3)OCCCCCC(=O)NC(Cc3ccc(S(=O)(=O)O)s3)C(=O)NC(C(=O)NCCCCCC(=O)ON3C(=O)CCC3=O)CCCCNC2=O)s1. The fraction of sp³-hybridized carbons (Fsp3) is 0.474. The molecule has 7 amide bonds. The highest BCUT2D eigenvalue weighted by molar-refractivity contribution is 7.92. The van der Waals surface area contributed by atoms with Gasteiger partial charge in [0.25, 0.3) is 21.9 Å². The third kappa shape index (κ3) is 21.6. The van der Waals surface area contributed by atoms with Crippen LogP contribution in [0.5, 0.6) is 5.75 Å². The minimum Gasteiger partial charge on any atom is -0.492 e. The number of unbranched alkanes of at least 4 members (excludes halogenated alkanes) is 2. The molecule has 1 saturated heterocycles. The van der Waals surface area contributed by atoms with Crippen molar-refractivity contribution in [3.05, 3.63) is 82.9 Å². The van der Waals surface area contributed by atoms with Gasteiger partial charge in [-0.15, -0.1) is 27.7 Å². The Morgan fingerprint density at radius 3 is 1.98 bits per heavy atom. The number of nitrogens with zero attached hydrogens (tertiary/aromatic N) is 3. The Hall–Kier alpha value is -7.49. The van der Waals surface area contributed by atoms with Crippen molar-refractivity contribution in [3.63, 3.8) is 0 Å². The van der Waals surface area contributed by atoms with Crippen molar-refractivity contribution in [1.82, 2.24) is 36.6 Å². The molecule has 4 aliphatic heterocycles. The minimum atomic E-state index is -4.81. The lowest BCUT2D eigenvalue weighted by Gasteiger charge is -2.23. The zero-order valence-corrected chi connectivity index (χ0v) is 52.7. The third-order valence-electron chi connectivity index (χ3n) is 14.2. The van der Waals surface area contributed by atoms with Crippen molar-refractivity contribution in [1.29, 1.82) is 0 Å². The van der Waals surface area contributed by atoms with Gasteiger partial charge in [-0.05, 0) is 107 Å². The number of hydrogen-bond acceptors (Lipinski definition) is 20. The van der Waals surface area contributed by atoms with Gasteiger partial charge < -0.3 is 40.6 Å². The van der Waals surface area contributed by atoms with Crippen LogP contribution in [-0.4, -0.2) is 136 Å². The van der Waals surface area contributed by atoms with Crippen LogP contribution < -0.4 is 35.9 Å². The first kappa shape index (κ1) is 69.0. The zero-order chi connectivity index (χ0) is 64.3. The highest BCUT2D eigenvalue weighted by Gasteiger charge is 2.33. The van der Waals surface area contributed by atoms with Crippen LogP contribution in [0.2, 0.25) is 0 Å². The number of amides is 7. The molecule has 3 atom stereocenters. The largest absolute Gasteiger partial charge is 0.492 e. The van der Waals surface area contributed by atoms with Gasteiger partial charge in [-0.3, -0.25) is 42.7 Å². The second-order valence-electron chi connectivity index (χ2n) is 21.3. The molecule has 27 nitrogen and oxygen atoms in total. The second-order valence-corrected chi connectivity index (χ2v) is 28.9. The number of hydroxylamine groups is 2. The number of carbonyl (C=O) groups excluding carboxylic acids is 8. The lowest BCUT2D eigenvalue weighted by atomic mass is 10.1. The van der Waals surface area contributed by atoms with Crippen LogP contribution in [0.1, 0.15) is 119 Å². The first-order valence-corrected chi connectivity index (χ1v) is 35.3. The van der Waals surface area contributed by atoms with Gasteiger partial charge in [0.1, 0.15) is 43.7 Å². The standard InChI is InChI=1S/C57H70N8O19S5/c1-87(74,75)52-23-18-39(85-52)34-42-55(72)59-28-10-8-13-41(54(71)58-27-9-2-7-16-51(70)84-65-49(68)21-22-50(65)69)63-56(73)43(35-40-19-24-53(86-40)89(79,80)81)62-48(67)15-6-4-12-32-82-44-20-17-38(33-46(44)88(76,77)78)45-36-60-57(83-45)37-25-30-64(31-26-37)29-11-3-5-14-47(66)61-42/h17-20,23-26,30-31,33,36,41-43H,2-16,21-22,27-29,32,34-35H2,1H3,(H6-,58,59,61,62,63,66,67,71,72,73,76,77,78,79,80,81)/p+1. The van der Waals surface area contributed by atoms with E-state index in [1.165, 1.54) is 36.5 Å². The van der Waals surface area contributed by atoms with Crippen LogP contribution in [0.15, 0.2) is 90.9 Å². The van der Waals surface area contributed by atoms with E-state index in [2.05, 4.69) is 31.6 Å². The van der Waals surface area contributed by atoms with E-state index in [0.29, 0.717) is 78.3 Å². The van der Waals surface area contributed by atoms with Crippen LogP contribution >= 0.6 is 22.7 Å². The number of rotatable bonds is 15. The number of fused-ring (bicyclic) bond motifs is 2. The summed E-state index contributed by atoms with van der Waals surface area (Å²) in [6.45, 7) is 0.697. The Balaban J connectivity index is 1.07. The summed E-state index contributed by atoms with van der Waals surface area (Å²) < 4.78 is 107. The molecule has 0 radical (unpaired) electrons. The van der Waals surface area contributed by atoms with Crippen molar-refractivity contribution in [2.45, 2.75) is 160 Å². The maximum atomic E-state index is 14.3. The zero-order valence-electron chi connectivity index (χ0n) is 48.6. The molecule has 0 saturated carbocycles. The monoisotopic (exact) mass is 1330 g/mol. The molecule has 0 spiro atoms. The number of sulfone groups is 1. The van der Waals surface area contributed by atoms with Crippen molar-refractivity contribution in [3.8, 4) is 28.5 Å². The maximum Gasteiger partial charge on any atom is 0.333 e. The van der Waals surface area contributed by atoms with Gasteiger partial charge in [0.15, 0.2) is 28.0 Å². The number of imide groups is 1. The Kier molecular flexibility index (Phi) is 25.0. The average Bonchev–Trinajstić information content (AvgIpc) is 3.98. The van der Waals surface area contributed by atoms with Gasteiger partial charge >= 0.3 is 16.1 Å². The van der Waals surface area contributed by atoms with E-state index in [9.17, 15) is 72.7 Å². The van der Waals surface area contributed by atoms with E-state index < -0.39 is 105 Å². The number of hydrogen-bond donors (Lipinski definition) is 7. The van der Waals surface area contributed by atoms with E-state index in [1.807, 2.05) is 17.0 Å². The van der Waals surface area contributed by atoms with Crippen LogP contribution in [0.4, 0.5) is 0 Å². The molecule has 4 aliphatic rings. The van der Waals surface area contributed by atoms with Crippen LogP contribution in [0.3, 0.4) is 0 Å². The summed E-state index contributed by atoms with van der Waals surface area (Å²) in [6, 6.07) is 9.44. The number of pyridine rings is 1. The highest BCUT2D eigenvalue weighted by Crippen LogP contribution is 2.33. The topological polar surface area (TPSA) is 391 Å². The fourth-order valence-corrected chi connectivity index (χ4v) is 13.9. The molecular formula is C57H71N8O19S5+. The normalized spacial score (nSPS) is 18.9. The number of nitrogens with one attached hydrogen (secondary N) is 5. The third-order valence-corrected chi connectivity index (χ3v) is 20.4. The summed E-state index contributed by atoms with van der Waals surface area (Å²) in [5, 5.41) is 14.3. The summed E-state index contributed by atoms with van der Waals surface area (Å²) in [4.78, 5) is 115. The molecule has 1 fully saturated rings. The first-order valence-electron chi connectivity index (χ1n) is 28.9. The van der Waals surface area contributed by atoms with Crippen molar-refractivity contribution < 1.29 is 91.3 Å². The first-order chi connectivity index (χ1) is 42.3. The van der Waals surface area contributed by atoms with Gasteiger partial charge in [0.2, 0.25) is 35.4 Å². The van der Waals surface area contributed by atoms with E-state index >= 15 is 0 Å². The quantitative estimate of drug-likeness (QED) is 0.0332. The Bertz CT molecular complexity index is 3680. The number of carbonyl (C=O) groups is 8. The molecular weight excluding hydrogens is 1260 g/mol. The van der Waals surface area contributed by atoms with Gasteiger partial charge in [0.05, 0.1) is 12.8 Å². The van der Waals surface area contributed by atoms with Crippen LogP contribution in [-0.2, 0) is 92.7 Å². The molecule has 8 heterocycles. The number of benzene rings is 1.